The van der Waals surface area contributed by atoms with Crippen LogP contribution < -0.4 is 0 Å². The lowest BCUT2D eigenvalue weighted by Crippen LogP contribution is -2.49. The first-order chi connectivity index (χ1) is 21.4. The second kappa shape index (κ2) is 21.6. The van der Waals surface area contributed by atoms with Gasteiger partial charge in [0.1, 0.15) is 0 Å². The third-order valence-electron chi connectivity index (χ3n) is 11.9. The SMILES string of the molecule is C=CC[C@@H](C[C@@H](C[C@H](CCCCCCCCCCCCCCC)O[Si](C)(C)C(C)(C)C)O[Si](C)(C)C(C)(C)C)O[Si](C)(C)C(C)(C)C. The van der Waals surface area contributed by atoms with Crippen molar-refractivity contribution in [1.29, 1.82) is 0 Å². The zero-order valence-corrected chi connectivity index (χ0v) is 38.3. The molecule has 0 radical (unpaired) electrons. The van der Waals surface area contributed by atoms with Gasteiger partial charge in [0.15, 0.2) is 25.0 Å². The van der Waals surface area contributed by atoms with Gasteiger partial charge < -0.3 is 13.3 Å². The summed E-state index contributed by atoms with van der Waals surface area (Å²) < 4.78 is 21.6. The number of rotatable bonds is 26. The molecule has 0 saturated carbocycles. The van der Waals surface area contributed by atoms with E-state index in [1.165, 1.54) is 83.5 Å². The van der Waals surface area contributed by atoms with Crippen LogP contribution in [0.3, 0.4) is 0 Å². The molecule has 0 rings (SSSR count). The van der Waals surface area contributed by atoms with Gasteiger partial charge >= 0.3 is 0 Å². The average molecular weight is 713 g/mol. The Morgan fingerprint density at radius 1 is 0.468 bits per heavy atom. The predicted octanol–water partition coefficient (Wildman–Crippen LogP) is 15.0. The van der Waals surface area contributed by atoms with Crippen LogP contribution >= 0.6 is 0 Å². The maximum absolute atomic E-state index is 7.30. The van der Waals surface area contributed by atoms with E-state index in [2.05, 4.69) is 121 Å². The van der Waals surface area contributed by atoms with E-state index in [-0.39, 0.29) is 33.4 Å². The minimum Gasteiger partial charge on any atom is -0.414 e. The fraction of sp³-hybridized carbons (Fsp3) is 0.951. The number of hydrogen-bond donors (Lipinski definition) is 0. The third-order valence-corrected chi connectivity index (χ3v) is 25.5. The molecule has 0 aromatic heterocycles. The van der Waals surface area contributed by atoms with E-state index in [4.69, 9.17) is 13.3 Å². The van der Waals surface area contributed by atoms with Gasteiger partial charge in [0.2, 0.25) is 0 Å². The lowest BCUT2D eigenvalue weighted by molar-refractivity contribution is 0.0500. The molecule has 0 bridgehead atoms. The summed E-state index contributed by atoms with van der Waals surface area (Å²) in [7, 11) is -5.88. The maximum atomic E-state index is 7.30. The fourth-order valence-corrected chi connectivity index (χ4v) is 9.71. The van der Waals surface area contributed by atoms with Gasteiger partial charge in [-0.25, -0.2) is 0 Å². The van der Waals surface area contributed by atoms with E-state index in [1.54, 1.807) is 0 Å². The fourth-order valence-electron chi connectivity index (χ4n) is 5.55. The summed E-state index contributed by atoms with van der Waals surface area (Å²) in [4.78, 5) is 0. The van der Waals surface area contributed by atoms with E-state index in [0.29, 0.717) is 0 Å². The largest absolute Gasteiger partial charge is 0.414 e. The standard InChI is InChI=1S/C41H88O3Si3/c1-18-20-21-22-23-24-25-26-27-28-29-30-31-33-37(43-46(14,15)40(6,7)8)35-38(44-47(16,17)41(9,10)11)34-36(32-19-2)42-45(12,13)39(3,4)5/h19,36-38H,2,18,20-35H2,1,3-17H3/t36-,37-,38-/m0/s1. The Hall–Kier alpha value is 0.271. The Morgan fingerprint density at radius 3 is 1.11 bits per heavy atom. The first-order valence-electron chi connectivity index (χ1n) is 20.0. The summed E-state index contributed by atoms with van der Waals surface area (Å²) in [5.74, 6) is 0. The minimum atomic E-state index is -2.00. The lowest BCUT2D eigenvalue weighted by atomic mass is 9.99. The molecule has 0 unspecified atom stereocenters. The molecular weight excluding hydrogens is 625 g/mol. The molecule has 0 aliphatic heterocycles. The van der Waals surface area contributed by atoms with Crippen LogP contribution in [0.15, 0.2) is 12.7 Å². The van der Waals surface area contributed by atoms with Crippen LogP contribution in [0, 0.1) is 0 Å². The van der Waals surface area contributed by atoms with Crippen LogP contribution in [0.25, 0.3) is 0 Å². The molecule has 0 heterocycles. The Balaban J connectivity index is 5.67. The molecule has 0 aromatic carbocycles. The smallest absolute Gasteiger partial charge is 0.192 e. The molecule has 0 aromatic rings. The molecule has 0 saturated heterocycles. The molecule has 47 heavy (non-hydrogen) atoms. The molecule has 0 aliphatic carbocycles. The molecule has 6 heteroatoms. The molecule has 0 spiro atoms. The molecule has 3 nitrogen and oxygen atoms in total. The van der Waals surface area contributed by atoms with Gasteiger partial charge in [0, 0.05) is 12.2 Å². The summed E-state index contributed by atoms with van der Waals surface area (Å²) in [6, 6.07) is 0. The van der Waals surface area contributed by atoms with Crippen molar-refractivity contribution in [3.05, 3.63) is 12.7 Å². The van der Waals surface area contributed by atoms with Crippen LogP contribution in [0.5, 0.6) is 0 Å². The zero-order chi connectivity index (χ0) is 36.6. The normalized spacial score (nSPS) is 15.9. The average Bonchev–Trinajstić information content (AvgIpc) is 2.88. The first-order valence-corrected chi connectivity index (χ1v) is 28.8. The van der Waals surface area contributed by atoms with Crippen LogP contribution in [0.4, 0.5) is 0 Å². The Morgan fingerprint density at radius 2 is 0.766 bits per heavy atom. The molecule has 282 valence electrons. The van der Waals surface area contributed by atoms with E-state index in [1.807, 2.05) is 0 Å². The van der Waals surface area contributed by atoms with Gasteiger partial charge in [0.25, 0.3) is 0 Å². The van der Waals surface area contributed by atoms with Gasteiger partial charge in [-0.1, -0.05) is 159 Å². The number of unbranched alkanes of at least 4 members (excludes halogenated alkanes) is 12. The molecule has 0 N–H and O–H groups in total. The maximum Gasteiger partial charge on any atom is 0.192 e. The Kier molecular flexibility index (Phi) is 21.7. The highest BCUT2D eigenvalue weighted by Gasteiger charge is 2.44. The highest BCUT2D eigenvalue weighted by atomic mass is 28.4. The summed E-state index contributed by atoms with van der Waals surface area (Å²) in [5, 5.41) is 0.516. The summed E-state index contributed by atoms with van der Waals surface area (Å²) >= 11 is 0. The van der Waals surface area contributed by atoms with Crippen molar-refractivity contribution in [2.75, 3.05) is 0 Å². The van der Waals surface area contributed by atoms with Crippen molar-refractivity contribution < 1.29 is 13.3 Å². The van der Waals surface area contributed by atoms with Gasteiger partial charge in [-0.3, -0.25) is 0 Å². The van der Waals surface area contributed by atoms with Crippen LogP contribution in [-0.4, -0.2) is 43.3 Å². The summed E-state index contributed by atoms with van der Waals surface area (Å²) in [5.41, 5.74) is 0. The minimum absolute atomic E-state index is 0.127. The van der Waals surface area contributed by atoms with Crippen LogP contribution in [0.2, 0.25) is 54.4 Å². The lowest BCUT2D eigenvalue weighted by Gasteiger charge is -2.44. The Labute approximate surface area is 301 Å². The van der Waals surface area contributed by atoms with Gasteiger partial charge in [-0.05, 0) is 80.1 Å². The van der Waals surface area contributed by atoms with Gasteiger partial charge in [0.05, 0.1) is 6.10 Å². The van der Waals surface area contributed by atoms with Crippen molar-refractivity contribution >= 4 is 25.0 Å². The van der Waals surface area contributed by atoms with Crippen molar-refractivity contribution in [3.63, 3.8) is 0 Å². The van der Waals surface area contributed by atoms with Gasteiger partial charge in [-0.15, -0.1) is 6.58 Å². The van der Waals surface area contributed by atoms with Crippen molar-refractivity contribution in [1.82, 2.24) is 0 Å². The quantitative estimate of drug-likeness (QED) is 0.0508. The van der Waals surface area contributed by atoms with Crippen LogP contribution in [-0.2, 0) is 13.3 Å². The molecular formula is C41H88O3Si3. The van der Waals surface area contributed by atoms with E-state index in [9.17, 15) is 0 Å². The van der Waals surface area contributed by atoms with Crippen LogP contribution in [0.1, 0.15) is 178 Å². The molecule has 0 fully saturated rings. The molecule has 0 amide bonds. The van der Waals surface area contributed by atoms with E-state index >= 15 is 0 Å². The molecule has 3 atom stereocenters. The topological polar surface area (TPSA) is 27.7 Å². The summed E-state index contributed by atoms with van der Waals surface area (Å²) in [6.45, 7) is 42.1. The van der Waals surface area contributed by atoms with Crippen molar-refractivity contribution in [3.8, 4) is 0 Å². The second-order valence-electron chi connectivity index (χ2n) is 19.5. The monoisotopic (exact) mass is 713 g/mol. The van der Waals surface area contributed by atoms with E-state index < -0.39 is 25.0 Å². The van der Waals surface area contributed by atoms with E-state index in [0.717, 1.165) is 25.7 Å². The second-order valence-corrected chi connectivity index (χ2v) is 33.8. The molecule has 0 aliphatic rings. The predicted molar refractivity (Wildman–Crippen MR) is 221 cm³/mol. The van der Waals surface area contributed by atoms with Crippen molar-refractivity contribution in [2.24, 2.45) is 0 Å². The van der Waals surface area contributed by atoms with Crippen molar-refractivity contribution in [2.45, 2.75) is 251 Å². The first kappa shape index (κ1) is 47.3. The Bertz CT molecular complexity index is 817. The summed E-state index contributed by atoms with van der Waals surface area (Å²) in [6.07, 6.45) is 24.5. The number of hydrogen-bond acceptors (Lipinski definition) is 3. The highest BCUT2D eigenvalue weighted by Crippen LogP contribution is 2.42. The highest BCUT2D eigenvalue weighted by molar-refractivity contribution is 6.75. The zero-order valence-electron chi connectivity index (χ0n) is 35.3. The third kappa shape index (κ3) is 19.5. The van der Waals surface area contributed by atoms with Gasteiger partial charge in [-0.2, -0.15) is 0 Å².